The first-order chi connectivity index (χ1) is 8.49. The number of aryl methyl sites for hydroxylation is 1. The Kier molecular flexibility index (Phi) is 3.74. The van der Waals surface area contributed by atoms with Gasteiger partial charge in [-0.1, -0.05) is 59.6 Å². The molecular formula is C16H18ClN. The average molecular weight is 260 g/mol. The van der Waals surface area contributed by atoms with E-state index in [0.717, 1.165) is 17.0 Å². The lowest BCUT2D eigenvalue weighted by molar-refractivity contribution is 0.491. The van der Waals surface area contributed by atoms with Gasteiger partial charge in [0, 0.05) is 10.6 Å². The van der Waals surface area contributed by atoms with Crippen LogP contribution in [0.5, 0.6) is 0 Å². The highest BCUT2D eigenvalue weighted by Gasteiger charge is 2.23. The zero-order valence-electron chi connectivity index (χ0n) is 10.8. The molecule has 0 aliphatic heterocycles. The van der Waals surface area contributed by atoms with Crippen LogP contribution in [0.2, 0.25) is 5.02 Å². The van der Waals surface area contributed by atoms with Gasteiger partial charge in [-0.2, -0.15) is 0 Å². The second-order valence-electron chi connectivity index (χ2n) is 5.06. The maximum Gasteiger partial charge on any atom is 0.0456 e. The van der Waals surface area contributed by atoms with Crippen molar-refractivity contribution in [1.82, 2.24) is 0 Å². The second-order valence-corrected chi connectivity index (χ2v) is 5.47. The molecule has 2 aromatic carbocycles. The summed E-state index contributed by atoms with van der Waals surface area (Å²) in [6.07, 6.45) is 0.776. The van der Waals surface area contributed by atoms with Crippen molar-refractivity contribution in [3.05, 3.63) is 70.2 Å². The van der Waals surface area contributed by atoms with Gasteiger partial charge in [-0.05, 0) is 37.5 Å². The minimum absolute atomic E-state index is 0.452. The van der Waals surface area contributed by atoms with Crippen LogP contribution in [-0.4, -0.2) is 0 Å². The third-order valence-electron chi connectivity index (χ3n) is 3.14. The van der Waals surface area contributed by atoms with Crippen LogP contribution in [0.25, 0.3) is 0 Å². The minimum Gasteiger partial charge on any atom is -0.321 e. The maximum absolute atomic E-state index is 6.44. The number of benzene rings is 2. The summed E-state index contributed by atoms with van der Waals surface area (Å²) < 4.78 is 0. The van der Waals surface area contributed by atoms with E-state index in [0.29, 0.717) is 0 Å². The quantitative estimate of drug-likeness (QED) is 0.884. The summed E-state index contributed by atoms with van der Waals surface area (Å²) in [5.74, 6) is 0. The van der Waals surface area contributed by atoms with Crippen molar-refractivity contribution in [3.8, 4) is 0 Å². The number of halogens is 1. The molecule has 1 atom stereocenters. The van der Waals surface area contributed by atoms with Gasteiger partial charge in [0.2, 0.25) is 0 Å². The van der Waals surface area contributed by atoms with Gasteiger partial charge in [-0.15, -0.1) is 0 Å². The molecule has 0 saturated heterocycles. The Balaban J connectivity index is 2.30. The molecule has 2 heteroatoms. The zero-order valence-corrected chi connectivity index (χ0v) is 11.5. The first-order valence-electron chi connectivity index (χ1n) is 6.08. The maximum atomic E-state index is 6.44. The van der Waals surface area contributed by atoms with Crippen LogP contribution in [-0.2, 0) is 12.0 Å². The standard InChI is InChI=1S/C16H18ClN/c1-12-6-5-7-13(10-12)11-16(2,18)14-8-3-4-9-15(14)17/h3-10H,11,18H2,1-2H3. The van der Waals surface area contributed by atoms with Crippen LogP contribution < -0.4 is 5.73 Å². The molecular weight excluding hydrogens is 242 g/mol. The predicted octanol–water partition coefficient (Wildman–Crippen LogP) is 4.07. The van der Waals surface area contributed by atoms with Crippen LogP contribution in [0.15, 0.2) is 48.5 Å². The number of hydrogen-bond donors (Lipinski definition) is 1. The number of nitrogens with two attached hydrogens (primary N) is 1. The van der Waals surface area contributed by atoms with Gasteiger partial charge in [0.25, 0.3) is 0 Å². The molecule has 0 aliphatic carbocycles. The van der Waals surface area contributed by atoms with E-state index in [4.69, 9.17) is 17.3 Å². The molecule has 2 N–H and O–H groups in total. The molecule has 1 nitrogen and oxygen atoms in total. The normalized spacial score (nSPS) is 14.2. The van der Waals surface area contributed by atoms with E-state index in [1.54, 1.807) is 0 Å². The summed E-state index contributed by atoms with van der Waals surface area (Å²) in [5.41, 5.74) is 9.47. The molecule has 18 heavy (non-hydrogen) atoms. The number of rotatable bonds is 3. The Hall–Kier alpha value is -1.31. The molecule has 0 fully saturated rings. The van der Waals surface area contributed by atoms with Crippen LogP contribution in [0.4, 0.5) is 0 Å². The van der Waals surface area contributed by atoms with E-state index < -0.39 is 5.54 Å². The van der Waals surface area contributed by atoms with E-state index in [2.05, 4.69) is 31.2 Å². The Morgan fingerprint density at radius 1 is 1.11 bits per heavy atom. The fourth-order valence-corrected chi connectivity index (χ4v) is 2.62. The van der Waals surface area contributed by atoms with Gasteiger partial charge in [-0.3, -0.25) is 0 Å². The highest BCUT2D eigenvalue weighted by atomic mass is 35.5. The highest BCUT2D eigenvalue weighted by Crippen LogP contribution is 2.28. The summed E-state index contributed by atoms with van der Waals surface area (Å²) in [7, 11) is 0. The molecule has 2 aromatic rings. The van der Waals surface area contributed by atoms with Crippen molar-refractivity contribution in [2.75, 3.05) is 0 Å². The first-order valence-corrected chi connectivity index (χ1v) is 6.46. The zero-order chi connectivity index (χ0) is 13.2. The summed E-state index contributed by atoms with van der Waals surface area (Å²) in [6.45, 7) is 4.11. The fraction of sp³-hybridized carbons (Fsp3) is 0.250. The molecule has 0 amide bonds. The third kappa shape index (κ3) is 2.92. The average Bonchev–Trinajstić information content (AvgIpc) is 2.28. The lowest BCUT2D eigenvalue weighted by Crippen LogP contribution is -2.35. The minimum atomic E-state index is -0.452. The van der Waals surface area contributed by atoms with Crippen molar-refractivity contribution < 1.29 is 0 Å². The summed E-state index contributed by atoms with van der Waals surface area (Å²) in [4.78, 5) is 0. The smallest absolute Gasteiger partial charge is 0.0456 e. The molecule has 0 radical (unpaired) electrons. The SMILES string of the molecule is Cc1cccc(CC(C)(N)c2ccccc2Cl)c1. The summed E-state index contributed by atoms with van der Waals surface area (Å²) in [5, 5.41) is 0.732. The van der Waals surface area contributed by atoms with Gasteiger partial charge in [0.1, 0.15) is 0 Å². The predicted molar refractivity (Wildman–Crippen MR) is 77.9 cm³/mol. The van der Waals surface area contributed by atoms with Crippen LogP contribution in [0, 0.1) is 6.92 Å². The summed E-state index contributed by atoms with van der Waals surface area (Å²) in [6, 6.07) is 16.2. The molecule has 0 saturated carbocycles. The van der Waals surface area contributed by atoms with Crippen LogP contribution >= 0.6 is 11.6 Å². The molecule has 1 unspecified atom stereocenters. The van der Waals surface area contributed by atoms with E-state index in [1.165, 1.54) is 11.1 Å². The Morgan fingerprint density at radius 2 is 1.83 bits per heavy atom. The summed E-state index contributed by atoms with van der Waals surface area (Å²) >= 11 is 6.23. The molecule has 94 valence electrons. The van der Waals surface area contributed by atoms with Crippen molar-refractivity contribution in [2.24, 2.45) is 5.73 Å². The monoisotopic (exact) mass is 259 g/mol. The lowest BCUT2D eigenvalue weighted by atomic mass is 9.86. The van der Waals surface area contributed by atoms with Crippen molar-refractivity contribution >= 4 is 11.6 Å². The van der Waals surface area contributed by atoms with Crippen molar-refractivity contribution in [3.63, 3.8) is 0 Å². The molecule has 0 heterocycles. The Morgan fingerprint density at radius 3 is 2.50 bits per heavy atom. The molecule has 2 rings (SSSR count). The van der Waals surface area contributed by atoms with Gasteiger partial charge in [0.05, 0.1) is 0 Å². The van der Waals surface area contributed by atoms with Crippen LogP contribution in [0.1, 0.15) is 23.6 Å². The van der Waals surface area contributed by atoms with Gasteiger partial charge in [-0.25, -0.2) is 0 Å². The van der Waals surface area contributed by atoms with Crippen molar-refractivity contribution in [1.29, 1.82) is 0 Å². The molecule has 0 aromatic heterocycles. The third-order valence-corrected chi connectivity index (χ3v) is 3.47. The Labute approximate surface area is 114 Å². The van der Waals surface area contributed by atoms with Crippen molar-refractivity contribution in [2.45, 2.75) is 25.8 Å². The van der Waals surface area contributed by atoms with E-state index >= 15 is 0 Å². The first kappa shape index (κ1) is 13.1. The van der Waals surface area contributed by atoms with E-state index in [9.17, 15) is 0 Å². The topological polar surface area (TPSA) is 26.0 Å². The second kappa shape index (κ2) is 5.13. The largest absolute Gasteiger partial charge is 0.321 e. The van der Waals surface area contributed by atoms with Gasteiger partial charge >= 0.3 is 0 Å². The molecule has 0 bridgehead atoms. The van der Waals surface area contributed by atoms with E-state index in [-0.39, 0.29) is 0 Å². The van der Waals surface area contributed by atoms with Gasteiger partial charge < -0.3 is 5.73 Å². The molecule has 0 aliphatic rings. The van der Waals surface area contributed by atoms with Crippen LogP contribution in [0.3, 0.4) is 0 Å². The Bertz CT molecular complexity index is 546. The van der Waals surface area contributed by atoms with E-state index in [1.807, 2.05) is 31.2 Å². The molecule has 0 spiro atoms. The van der Waals surface area contributed by atoms with Gasteiger partial charge in [0.15, 0.2) is 0 Å². The lowest BCUT2D eigenvalue weighted by Gasteiger charge is -2.26. The number of hydrogen-bond acceptors (Lipinski definition) is 1. The highest BCUT2D eigenvalue weighted by molar-refractivity contribution is 6.31. The fourth-order valence-electron chi connectivity index (χ4n) is 2.27.